The first kappa shape index (κ1) is 15.3. The molecule has 0 amide bonds. The molecule has 0 unspecified atom stereocenters. The van der Waals surface area contributed by atoms with E-state index in [-0.39, 0.29) is 0 Å². The zero-order valence-corrected chi connectivity index (χ0v) is 13.2. The predicted octanol–water partition coefficient (Wildman–Crippen LogP) is 4.94. The topological polar surface area (TPSA) is 3.24 Å². The molecule has 0 aromatic heterocycles. The zero-order valence-electron chi connectivity index (χ0n) is 10.1. The van der Waals surface area contributed by atoms with Crippen molar-refractivity contribution in [2.75, 3.05) is 19.5 Å². The van der Waals surface area contributed by atoms with Crippen molar-refractivity contribution in [3.8, 4) is 0 Å². The van der Waals surface area contributed by atoms with Crippen LogP contribution in [0.5, 0.6) is 0 Å². The molecule has 1 rings (SSSR count). The number of unbranched alkanes of at least 4 members (excludes halogenated alkanes) is 2. The second-order valence-electron chi connectivity index (χ2n) is 4.22. The Morgan fingerprint density at radius 1 is 1.24 bits per heavy atom. The highest BCUT2D eigenvalue weighted by atomic mass is 79.9. The van der Waals surface area contributed by atoms with Crippen LogP contribution < -0.4 is 0 Å². The van der Waals surface area contributed by atoms with E-state index in [1.54, 1.807) is 0 Å². The van der Waals surface area contributed by atoms with Crippen molar-refractivity contribution in [3.05, 3.63) is 33.3 Å². The van der Waals surface area contributed by atoms with E-state index in [1.807, 2.05) is 12.1 Å². The summed E-state index contributed by atoms with van der Waals surface area (Å²) in [6, 6.07) is 6.04. The summed E-state index contributed by atoms with van der Waals surface area (Å²) in [5.41, 5.74) is 1.18. The van der Waals surface area contributed by atoms with E-state index in [4.69, 9.17) is 23.2 Å². The van der Waals surface area contributed by atoms with Crippen molar-refractivity contribution in [3.63, 3.8) is 0 Å². The molecule has 0 radical (unpaired) electrons. The molecule has 4 heteroatoms. The van der Waals surface area contributed by atoms with Crippen LogP contribution in [0.25, 0.3) is 0 Å². The third-order valence-electron chi connectivity index (χ3n) is 2.63. The SMILES string of the molecule is CN(CCCCCCl)Cc1ccc(Br)cc1Cl. The summed E-state index contributed by atoms with van der Waals surface area (Å²) in [5.74, 6) is 0.766. The van der Waals surface area contributed by atoms with Gasteiger partial charge in [-0.1, -0.05) is 40.0 Å². The molecular formula is C13H18BrCl2N. The Kier molecular flexibility index (Phi) is 7.52. The van der Waals surface area contributed by atoms with Gasteiger partial charge in [-0.3, -0.25) is 0 Å². The van der Waals surface area contributed by atoms with E-state index >= 15 is 0 Å². The Bertz CT molecular complexity index is 344. The molecule has 0 spiro atoms. The Balaban J connectivity index is 2.37. The molecule has 17 heavy (non-hydrogen) atoms. The predicted molar refractivity (Wildman–Crippen MR) is 80.1 cm³/mol. The summed E-state index contributed by atoms with van der Waals surface area (Å²) in [5, 5.41) is 0.826. The first-order valence-electron chi connectivity index (χ1n) is 5.82. The lowest BCUT2D eigenvalue weighted by atomic mass is 10.2. The summed E-state index contributed by atoms with van der Waals surface area (Å²) in [6.45, 7) is 1.98. The average molecular weight is 339 g/mol. The van der Waals surface area contributed by atoms with Crippen molar-refractivity contribution in [2.24, 2.45) is 0 Å². The van der Waals surface area contributed by atoms with E-state index in [1.165, 1.54) is 18.4 Å². The third-order valence-corrected chi connectivity index (χ3v) is 3.74. The highest BCUT2D eigenvalue weighted by Gasteiger charge is 2.04. The Morgan fingerprint density at radius 3 is 2.65 bits per heavy atom. The van der Waals surface area contributed by atoms with Crippen molar-refractivity contribution < 1.29 is 0 Å². The summed E-state index contributed by atoms with van der Waals surface area (Å²) in [6.07, 6.45) is 3.49. The summed E-state index contributed by atoms with van der Waals surface area (Å²) in [4.78, 5) is 2.29. The Morgan fingerprint density at radius 2 is 2.00 bits per heavy atom. The van der Waals surface area contributed by atoms with Gasteiger partial charge >= 0.3 is 0 Å². The minimum absolute atomic E-state index is 0.766. The van der Waals surface area contributed by atoms with Gasteiger partial charge in [0.1, 0.15) is 0 Å². The molecule has 0 fully saturated rings. The van der Waals surface area contributed by atoms with Gasteiger partial charge in [0.15, 0.2) is 0 Å². The molecule has 1 aromatic rings. The standard InChI is InChI=1S/C13H18BrCl2N/c1-17(8-4-2-3-7-15)10-11-5-6-12(14)9-13(11)16/h5-6,9H,2-4,7-8,10H2,1H3. The molecular weight excluding hydrogens is 321 g/mol. The number of halogens is 3. The van der Waals surface area contributed by atoms with Crippen LogP contribution in [-0.2, 0) is 6.54 Å². The van der Waals surface area contributed by atoms with Gasteiger partial charge in [0.25, 0.3) is 0 Å². The van der Waals surface area contributed by atoms with Crippen LogP contribution in [0, 0.1) is 0 Å². The van der Waals surface area contributed by atoms with E-state index in [0.29, 0.717) is 0 Å². The maximum Gasteiger partial charge on any atom is 0.0462 e. The van der Waals surface area contributed by atoms with Gasteiger partial charge in [-0.2, -0.15) is 0 Å². The molecule has 0 saturated heterocycles. The number of nitrogens with zero attached hydrogens (tertiary/aromatic N) is 1. The van der Waals surface area contributed by atoms with Gasteiger partial charge in [0, 0.05) is 21.9 Å². The zero-order chi connectivity index (χ0) is 12.7. The van der Waals surface area contributed by atoms with Crippen LogP contribution in [0.3, 0.4) is 0 Å². The van der Waals surface area contributed by atoms with Gasteiger partial charge < -0.3 is 4.90 Å². The third kappa shape index (κ3) is 6.10. The number of benzene rings is 1. The number of hydrogen-bond donors (Lipinski definition) is 0. The van der Waals surface area contributed by atoms with Crippen LogP contribution in [0.4, 0.5) is 0 Å². The molecule has 0 aliphatic carbocycles. The van der Waals surface area contributed by atoms with Crippen LogP contribution >= 0.6 is 39.1 Å². The van der Waals surface area contributed by atoms with Crippen molar-refractivity contribution in [2.45, 2.75) is 25.8 Å². The molecule has 0 bridgehead atoms. The van der Waals surface area contributed by atoms with Crippen molar-refractivity contribution in [1.82, 2.24) is 4.90 Å². The fraction of sp³-hybridized carbons (Fsp3) is 0.538. The number of alkyl halides is 1. The van der Waals surface area contributed by atoms with Crippen LogP contribution in [0.1, 0.15) is 24.8 Å². The van der Waals surface area contributed by atoms with E-state index < -0.39 is 0 Å². The molecule has 0 heterocycles. The number of rotatable bonds is 7. The molecule has 0 saturated carbocycles. The van der Waals surface area contributed by atoms with E-state index in [2.05, 4.69) is 33.9 Å². The lowest BCUT2D eigenvalue weighted by Crippen LogP contribution is -2.19. The molecule has 96 valence electrons. The average Bonchev–Trinajstić information content (AvgIpc) is 2.28. The Hall–Kier alpha value is 0.240. The highest BCUT2D eigenvalue weighted by molar-refractivity contribution is 9.10. The fourth-order valence-electron chi connectivity index (χ4n) is 1.67. The van der Waals surface area contributed by atoms with E-state index in [9.17, 15) is 0 Å². The van der Waals surface area contributed by atoms with Gasteiger partial charge in [0.2, 0.25) is 0 Å². The van der Waals surface area contributed by atoms with Gasteiger partial charge in [-0.15, -0.1) is 11.6 Å². The number of hydrogen-bond acceptors (Lipinski definition) is 1. The summed E-state index contributed by atoms with van der Waals surface area (Å²) >= 11 is 15.2. The monoisotopic (exact) mass is 337 g/mol. The highest BCUT2D eigenvalue weighted by Crippen LogP contribution is 2.22. The largest absolute Gasteiger partial charge is 0.302 e. The maximum atomic E-state index is 6.18. The molecule has 0 N–H and O–H groups in total. The van der Waals surface area contributed by atoms with Crippen LogP contribution in [-0.4, -0.2) is 24.4 Å². The quantitative estimate of drug-likeness (QED) is 0.502. The van der Waals surface area contributed by atoms with E-state index in [0.717, 1.165) is 34.9 Å². The molecule has 1 aromatic carbocycles. The van der Waals surface area contributed by atoms with Crippen molar-refractivity contribution >= 4 is 39.1 Å². The summed E-state index contributed by atoms with van der Waals surface area (Å²) < 4.78 is 1.02. The normalized spacial score (nSPS) is 11.1. The van der Waals surface area contributed by atoms with Gasteiger partial charge in [-0.05, 0) is 44.1 Å². The lowest BCUT2D eigenvalue weighted by Gasteiger charge is -2.17. The minimum atomic E-state index is 0.766. The van der Waals surface area contributed by atoms with Crippen LogP contribution in [0.2, 0.25) is 5.02 Å². The van der Waals surface area contributed by atoms with Crippen molar-refractivity contribution in [1.29, 1.82) is 0 Å². The second-order valence-corrected chi connectivity index (χ2v) is 5.92. The molecule has 0 aliphatic rings. The smallest absolute Gasteiger partial charge is 0.0462 e. The minimum Gasteiger partial charge on any atom is -0.302 e. The lowest BCUT2D eigenvalue weighted by molar-refractivity contribution is 0.318. The maximum absolute atomic E-state index is 6.18. The summed E-state index contributed by atoms with van der Waals surface area (Å²) in [7, 11) is 2.12. The Labute approximate surface area is 122 Å². The molecule has 0 aliphatic heterocycles. The first-order valence-corrected chi connectivity index (χ1v) is 7.52. The molecule has 1 nitrogen and oxygen atoms in total. The van der Waals surface area contributed by atoms with Crippen LogP contribution in [0.15, 0.2) is 22.7 Å². The first-order chi connectivity index (χ1) is 8.13. The van der Waals surface area contributed by atoms with Gasteiger partial charge in [0.05, 0.1) is 0 Å². The van der Waals surface area contributed by atoms with Gasteiger partial charge in [-0.25, -0.2) is 0 Å². The second kappa shape index (κ2) is 8.36. The fourth-order valence-corrected chi connectivity index (χ4v) is 2.59. The molecule has 0 atom stereocenters.